The molecule has 3 aromatic rings. The van der Waals surface area contributed by atoms with Gasteiger partial charge in [0.05, 0.1) is 17.4 Å². The molecule has 1 heterocycles. The topological polar surface area (TPSA) is 17.8 Å². The fraction of sp³-hybridized carbons (Fsp3) is 0.278. The molecule has 0 amide bonds. The number of rotatable bonds is 4. The highest BCUT2D eigenvalue weighted by molar-refractivity contribution is 5.75. The third-order valence-electron chi connectivity index (χ3n) is 4.04. The van der Waals surface area contributed by atoms with E-state index < -0.39 is 0 Å². The van der Waals surface area contributed by atoms with Crippen molar-refractivity contribution in [3.63, 3.8) is 0 Å². The molecule has 0 aliphatic rings. The van der Waals surface area contributed by atoms with E-state index in [1.165, 1.54) is 23.1 Å². The average Bonchev–Trinajstić information content (AvgIpc) is 2.91. The van der Waals surface area contributed by atoms with Crippen molar-refractivity contribution >= 4 is 11.0 Å². The summed E-state index contributed by atoms with van der Waals surface area (Å²) in [5.74, 6) is 0.637. The van der Waals surface area contributed by atoms with Crippen LogP contribution in [0.2, 0.25) is 0 Å². The summed E-state index contributed by atoms with van der Waals surface area (Å²) in [6, 6.07) is 17.2. The number of fused-ring (bicyclic) bond motifs is 1. The maximum Gasteiger partial charge on any atom is 0.0961 e. The third kappa shape index (κ3) is 2.46. The van der Waals surface area contributed by atoms with E-state index in [9.17, 15) is 0 Å². The summed E-state index contributed by atoms with van der Waals surface area (Å²) in [4.78, 5) is 4.44. The molecule has 0 N–H and O–H groups in total. The molecule has 0 aliphatic carbocycles. The molecule has 0 saturated carbocycles. The molecule has 0 aliphatic heterocycles. The highest BCUT2D eigenvalue weighted by Gasteiger charge is 2.04. The number of benzene rings is 2. The molecule has 2 aromatic carbocycles. The first-order valence-electron chi connectivity index (χ1n) is 7.26. The van der Waals surface area contributed by atoms with E-state index in [-0.39, 0.29) is 0 Å². The molecule has 1 unspecified atom stereocenters. The average molecular weight is 264 g/mol. The fourth-order valence-corrected chi connectivity index (χ4v) is 2.52. The summed E-state index contributed by atoms with van der Waals surface area (Å²) in [6.07, 6.45) is 3.11. The minimum absolute atomic E-state index is 0.637. The van der Waals surface area contributed by atoms with E-state index in [0.29, 0.717) is 5.92 Å². The maximum atomic E-state index is 4.44. The monoisotopic (exact) mass is 264 g/mol. The predicted octanol–water partition coefficient (Wildman–Crippen LogP) is 4.60. The Bertz CT molecular complexity index is 695. The summed E-state index contributed by atoms with van der Waals surface area (Å²) in [5.41, 5.74) is 4.99. The van der Waals surface area contributed by atoms with Gasteiger partial charge in [0, 0.05) is 6.54 Å². The molecule has 0 radical (unpaired) electrons. The molecule has 0 saturated heterocycles. The van der Waals surface area contributed by atoms with Crippen LogP contribution in [-0.2, 0) is 6.54 Å². The molecule has 2 heteroatoms. The second-order valence-corrected chi connectivity index (χ2v) is 5.41. The van der Waals surface area contributed by atoms with Gasteiger partial charge in [-0.15, -0.1) is 0 Å². The Morgan fingerprint density at radius 2 is 1.80 bits per heavy atom. The van der Waals surface area contributed by atoms with E-state index in [1.807, 2.05) is 12.4 Å². The second kappa shape index (κ2) is 5.49. The summed E-state index contributed by atoms with van der Waals surface area (Å²) in [7, 11) is 0. The quantitative estimate of drug-likeness (QED) is 0.673. The van der Waals surface area contributed by atoms with Gasteiger partial charge in [-0.2, -0.15) is 0 Å². The molecule has 3 rings (SSSR count). The minimum Gasteiger partial charge on any atom is -0.326 e. The second-order valence-electron chi connectivity index (χ2n) is 5.41. The SMILES string of the molecule is CCC(C)c1ccc(Cn2cnc3ccccc32)cc1. The summed E-state index contributed by atoms with van der Waals surface area (Å²) in [5, 5.41) is 0. The van der Waals surface area contributed by atoms with E-state index in [2.05, 4.69) is 65.9 Å². The van der Waals surface area contributed by atoms with Crippen LogP contribution in [0.5, 0.6) is 0 Å². The van der Waals surface area contributed by atoms with Gasteiger partial charge in [-0.05, 0) is 35.6 Å². The molecule has 1 aromatic heterocycles. The van der Waals surface area contributed by atoms with Crippen molar-refractivity contribution in [2.75, 3.05) is 0 Å². The van der Waals surface area contributed by atoms with Gasteiger partial charge in [-0.1, -0.05) is 50.2 Å². The molecule has 102 valence electrons. The largest absolute Gasteiger partial charge is 0.326 e. The Balaban J connectivity index is 1.84. The summed E-state index contributed by atoms with van der Waals surface area (Å²) < 4.78 is 2.20. The van der Waals surface area contributed by atoms with Crippen LogP contribution >= 0.6 is 0 Å². The van der Waals surface area contributed by atoms with Crippen molar-refractivity contribution in [1.29, 1.82) is 0 Å². The molecule has 0 bridgehead atoms. The number of aromatic nitrogens is 2. The Kier molecular flexibility index (Phi) is 3.55. The first-order valence-corrected chi connectivity index (χ1v) is 7.26. The number of imidazole rings is 1. The van der Waals surface area contributed by atoms with Gasteiger partial charge < -0.3 is 4.57 Å². The number of hydrogen-bond acceptors (Lipinski definition) is 1. The first kappa shape index (κ1) is 12.9. The molecule has 0 fully saturated rings. The van der Waals surface area contributed by atoms with Crippen LogP contribution in [-0.4, -0.2) is 9.55 Å². The standard InChI is InChI=1S/C18H20N2/c1-3-14(2)16-10-8-15(9-11-16)12-20-13-19-17-6-4-5-7-18(17)20/h4-11,13-14H,3,12H2,1-2H3. The van der Waals surface area contributed by atoms with Gasteiger partial charge in [-0.25, -0.2) is 4.98 Å². The molecule has 2 nitrogen and oxygen atoms in total. The predicted molar refractivity (Wildman–Crippen MR) is 84.0 cm³/mol. The first-order chi connectivity index (χ1) is 9.78. The molecular formula is C18H20N2. The van der Waals surface area contributed by atoms with E-state index in [1.54, 1.807) is 0 Å². The Labute approximate surface area is 120 Å². The Hall–Kier alpha value is -2.09. The summed E-state index contributed by atoms with van der Waals surface area (Å²) >= 11 is 0. The zero-order valence-electron chi connectivity index (χ0n) is 12.1. The van der Waals surface area contributed by atoms with E-state index >= 15 is 0 Å². The van der Waals surface area contributed by atoms with E-state index in [4.69, 9.17) is 0 Å². The Morgan fingerprint density at radius 3 is 2.55 bits per heavy atom. The van der Waals surface area contributed by atoms with Gasteiger partial charge in [0.2, 0.25) is 0 Å². The highest BCUT2D eigenvalue weighted by Crippen LogP contribution is 2.20. The van der Waals surface area contributed by atoms with Crippen LogP contribution in [0.25, 0.3) is 11.0 Å². The lowest BCUT2D eigenvalue weighted by molar-refractivity contribution is 0.732. The minimum atomic E-state index is 0.637. The highest BCUT2D eigenvalue weighted by atomic mass is 15.0. The van der Waals surface area contributed by atoms with Crippen LogP contribution in [0.15, 0.2) is 54.9 Å². The lowest BCUT2D eigenvalue weighted by atomic mass is 9.98. The van der Waals surface area contributed by atoms with Gasteiger partial charge >= 0.3 is 0 Å². The Morgan fingerprint density at radius 1 is 1.05 bits per heavy atom. The van der Waals surface area contributed by atoms with Crippen LogP contribution in [0, 0.1) is 0 Å². The smallest absolute Gasteiger partial charge is 0.0961 e. The maximum absolute atomic E-state index is 4.44. The molecule has 0 spiro atoms. The van der Waals surface area contributed by atoms with Crippen molar-refractivity contribution in [2.24, 2.45) is 0 Å². The third-order valence-corrected chi connectivity index (χ3v) is 4.04. The van der Waals surface area contributed by atoms with Gasteiger partial charge in [0.1, 0.15) is 0 Å². The molecule has 20 heavy (non-hydrogen) atoms. The van der Waals surface area contributed by atoms with Crippen molar-refractivity contribution < 1.29 is 0 Å². The van der Waals surface area contributed by atoms with Crippen molar-refractivity contribution in [1.82, 2.24) is 9.55 Å². The molecular weight excluding hydrogens is 244 g/mol. The van der Waals surface area contributed by atoms with E-state index in [0.717, 1.165) is 12.1 Å². The summed E-state index contributed by atoms with van der Waals surface area (Å²) in [6.45, 7) is 5.38. The van der Waals surface area contributed by atoms with Crippen LogP contribution in [0.4, 0.5) is 0 Å². The van der Waals surface area contributed by atoms with Gasteiger partial charge in [-0.3, -0.25) is 0 Å². The van der Waals surface area contributed by atoms with Crippen molar-refractivity contribution in [3.05, 3.63) is 66.0 Å². The number of para-hydroxylation sites is 2. The van der Waals surface area contributed by atoms with Crippen LogP contribution in [0.3, 0.4) is 0 Å². The van der Waals surface area contributed by atoms with Crippen molar-refractivity contribution in [3.8, 4) is 0 Å². The fourth-order valence-electron chi connectivity index (χ4n) is 2.52. The number of nitrogens with zero attached hydrogens (tertiary/aromatic N) is 2. The van der Waals surface area contributed by atoms with Gasteiger partial charge in [0.25, 0.3) is 0 Å². The lowest BCUT2D eigenvalue weighted by Gasteiger charge is -2.10. The zero-order chi connectivity index (χ0) is 13.9. The lowest BCUT2D eigenvalue weighted by Crippen LogP contribution is -1.98. The molecule has 1 atom stereocenters. The van der Waals surface area contributed by atoms with Crippen LogP contribution < -0.4 is 0 Å². The number of hydrogen-bond donors (Lipinski definition) is 0. The zero-order valence-corrected chi connectivity index (χ0v) is 12.1. The van der Waals surface area contributed by atoms with Gasteiger partial charge in [0.15, 0.2) is 0 Å². The van der Waals surface area contributed by atoms with Crippen LogP contribution in [0.1, 0.15) is 37.3 Å². The normalized spacial score (nSPS) is 12.7. The van der Waals surface area contributed by atoms with Crippen molar-refractivity contribution in [2.45, 2.75) is 32.7 Å².